The van der Waals surface area contributed by atoms with Crippen LogP contribution in [0.3, 0.4) is 0 Å². The van der Waals surface area contributed by atoms with Crippen LogP contribution in [0, 0.1) is 13.8 Å². The highest BCUT2D eigenvalue weighted by atomic mass is 79.9. The highest BCUT2D eigenvalue weighted by Crippen LogP contribution is 2.22. The fraction of sp³-hybridized carbons (Fsp3) is 0.250. The molecule has 3 rings (SSSR count). The van der Waals surface area contributed by atoms with Gasteiger partial charge in [0.2, 0.25) is 0 Å². The summed E-state index contributed by atoms with van der Waals surface area (Å²) in [6.07, 6.45) is 2.44. The van der Waals surface area contributed by atoms with Crippen molar-refractivity contribution >= 4 is 21.8 Å². The number of amides is 1. The number of halogens is 1. The van der Waals surface area contributed by atoms with Crippen LogP contribution in [-0.4, -0.2) is 34.3 Å². The van der Waals surface area contributed by atoms with Crippen molar-refractivity contribution < 1.29 is 9.53 Å². The van der Waals surface area contributed by atoms with Crippen molar-refractivity contribution in [3.05, 3.63) is 69.6 Å². The quantitative estimate of drug-likeness (QED) is 0.650. The van der Waals surface area contributed by atoms with Crippen molar-refractivity contribution in [2.24, 2.45) is 0 Å². The number of hydrogen-bond donors (Lipinski definition) is 1. The molecule has 0 aliphatic carbocycles. The minimum atomic E-state index is -0.145. The van der Waals surface area contributed by atoms with Crippen LogP contribution in [0.2, 0.25) is 0 Å². The highest BCUT2D eigenvalue weighted by molar-refractivity contribution is 9.10. The van der Waals surface area contributed by atoms with Gasteiger partial charge < -0.3 is 10.1 Å². The Labute approximate surface area is 166 Å². The third kappa shape index (κ3) is 4.19. The molecule has 0 spiro atoms. The maximum Gasteiger partial charge on any atom is 0.252 e. The van der Waals surface area contributed by atoms with Crippen LogP contribution < -0.4 is 10.1 Å². The summed E-state index contributed by atoms with van der Waals surface area (Å²) in [4.78, 5) is 16.8. The van der Waals surface area contributed by atoms with Crippen LogP contribution in [0.1, 0.15) is 27.3 Å². The van der Waals surface area contributed by atoms with Gasteiger partial charge in [-0.05, 0) is 72.1 Å². The number of aryl methyl sites for hydroxylation is 1. The van der Waals surface area contributed by atoms with Crippen molar-refractivity contribution in [3.63, 3.8) is 0 Å². The smallest absolute Gasteiger partial charge is 0.252 e. The molecule has 0 fully saturated rings. The molecule has 140 valence electrons. The zero-order chi connectivity index (χ0) is 19.4. The minimum absolute atomic E-state index is 0.145. The van der Waals surface area contributed by atoms with Crippen LogP contribution in [0.25, 0.3) is 5.82 Å². The summed E-state index contributed by atoms with van der Waals surface area (Å²) >= 11 is 3.41. The molecule has 0 atom stereocenters. The predicted octanol–water partition coefficient (Wildman–Crippen LogP) is 3.63. The second-order valence-corrected chi connectivity index (χ2v) is 6.96. The molecule has 0 unspecified atom stereocenters. The molecule has 3 aromatic rings. The van der Waals surface area contributed by atoms with Crippen LogP contribution in [0.4, 0.5) is 0 Å². The molecule has 0 saturated carbocycles. The van der Waals surface area contributed by atoms with E-state index in [1.54, 1.807) is 31.5 Å². The van der Waals surface area contributed by atoms with Crippen LogP contribution in [0.15, 0.2) is 47.1 Å². The molecule has 2 heterocycles. The maximum atomic E-state index is 12.5. The summed E-state index contributed by atoms with van der Waals surface area (Å²) in [6.45, 7) is 4.50. The largest absolute Gasteiger partial charge is 0.497 e. The number of carbonyl (C=O) groups excluding carboxylic acids is 1. The van der Waals surface area contributed by atoms with Gasteiger partial charge in [-0.25, -0.2) is 9.67 Å². The van der Waals surface area contributed by atoms with Gasteiger partial charge in [-0.1, -0.05) is 6.07 Å². The van der Waals surface area contributed by atoms with E-state index >= 15 is 0 Å². The van der Waals surface area contributed by atoms with Crippen LogP contribution in [-0.2, 0) is 6.42 Å². The summed E-state index contributed by atoms with van der Waals surface area (Å²) in [5.41, 5.74) is 3.63. The molecule has 1 N–H and O–H groups in total. The van der Waals surface area contributed by atoms with E-state index in [4.69, 9.17) is 4.74 Å². The van der Waals surface area contributed by atoms with Crippen molar-refractivity contribution in [2.45, 2.75) is 20.3 Å². The van der Waals surface area contributed by atoms with Gasteiger partial charge in [0, 0.05) is 22.9 Å². The number of nitrogens with one attached hydrogen (secondary N) is 1. The Kier molecular flexibility index (Phi) is 5.91. The summed E-state index contributed by atoms with van der Waals surface area (Å²) in [6, 6.07) is 11.1. The molecule has 2 aromatic heterocycles. The number of rotatable bonds is 6. The lowest BCUT2D eigenvalue weighted by molar-refractivity contribution is 0.0953. The first kappa shape index (κ1) is 19.1. The summed E-state index contributed by atoms with van der Waals surface area (Å²) in [5.74, 6) is 1.29. The molecular formula is C20H21BrN4O2. The summed E-state index contributed by atoms with van der Waals surface area (Å²) < 4.78 is 7.76. The monoisotopic (exact) mass is 428 g/mol. The van der Waals surface area contributed by atoms with E-state index in [0.717, 1.165) is 27.2 Å². The number of carbonyl (C=O) groups is 1. The van der Waals surface area contributed by atoms with Crippen molar-refractivity contribution in [1.82, 2.24) is 20.1 Å². The lowest BCUT2D eigenvalue weighted by atomic mass is 10.1. The number of nitrogens with zero attached hydrogens (tertiary/aromatic N) is 3. The van der Waals surface area contributed by atoms with E-state index < -0.39 is 0 Å². The minimum Gasteiger partial charge on any atom is -0.497 e. The fourth-order valence-electron chi connectivity index (χ4n) is 2.94. The Morgan fingerprint density at radius 3 is 2.78 bits per heavy atom. The molecule has 1 aromatic carbocycles. The zero-order valence-corrected chi connectivity index (χ0v) is 17.1. The number of methoxy groups -OCH3 is 1. The first-order valence-electron chi connectivity index (χ1n) is 8.59. The third-order valence-electron chi connectivity index (χ3n) is 4.39. The Hall–Kier alpha value is -2.67. The van der Waals surface area contributed by atoms with Crippen molar-refractivity contribution in [3.8, 4) is 11.6 Å². The first-order chi connectivity index (χ1) is 13.0. The van der Waals surface area contributed by atoms with Crippen molar-refractivity contribution in [2.75, 3.05) is 13.7 Å². The first-order valence-corrected chi connectivity index (χ1v) is 9.38. The molecule has 1 amide bonds. The van der Waals surface area contributed by atoms with Gasteiger partial charge in [-0.15, -0.1) is 0 Å². The molecule has 0 radical (unpaired) electrons. The maximum absolute atomic E-state index is 12.5. The van der Waals surface area contributed by atoms with Gasteiger partial charge in [0.05, 0.1) is 18.4 Å². The lowest BCUT2D eigenvalue weighted by Gasteiger charge is -2.09. The third-order valence-corrected chi connectivity index (χ3v) is 5.08. The van der Waals surface area contributed by atoms with Crippen LogP contribution in [0.5, 0.6) is 5.75 Å². The second kappa shape index (κ2) is 8.35. The molecule has 7 heteroatoms. The summed E-state index contributed by atoms with van der Waals surface area (Å²) in [7, 11) is 1.58. The second-order valence-electron chi connectivity index (χ2n) is 6.10. The van der Waals surface area contributed by atoms with Gasteiger partial charge in [0.1, 0.15) is 5.75 Å². The molecule has 27 heavy (non-hydrogen) atoms. The molecule has 0 bridgehead atoms. The van der Waals surface area contributed by atoms with Gasteiger partial charge in [-0.2, -0.15) is 5.10 Å². The number of ether oxygens (including phenoxy) is 1. The molecule has 0 aliphatic rings. The van der Waals surface area contributed by atoms with E-state index in [-0.39, 0.29) is 5.91 Å². The Morgan fingerprint density at radius 1 is 1.26 bits per heavy atom. The standard InChI is InChI=1S/C20H21BrN4O2/c1-13-16(14(2)25(24-13)19-6-4-5-10-22-19)9-11-23-20(26)17-12-15(27-3)7-8-18(17)21/h4-8,10,12H,9,11H2,1-3H3,(H,23,26). The normalized spacial score (nSPS) is 10.7. The van der Waals surface area contributed by atoms with Gasteiger partial charge >= 0.3 is 0 Å². The average Bonchev–Trinajstić information content (AvgIpc) is 2.97. The lowest BCUT2D eigenvalue weighted by Crippen LogP contribution is -2.26. The van der Waals surface area contributed by atoms with E-state index in [0.29, 0.717) is 24.3 Å². The Morgan fingerprint density at radius 2 is 2.07 bits per heavy atom. The predicted molar refractivity (Wildman–Crippen MR) is 108 cm³/mol. The van der Waals surface area contributed by atoms with E-state index in [1.807, 2.05) is 36.7 Å². The van der Waals surface area contributed by atoms with E-state index in [1.165, 1.54) is 0 Å². The van der Waals surface area contributed by atoms with Gasteiger partial charge in [0.25, 0.3) is 5.91 Å². The fourth-order valence-corrected chi connectivity index (χ4v) is 3.37. The van der Waals surface area contributed by atoms with Crippen LogP contribution >= 0.6 is 15.9 Å². The van der Waals surface area contributed by atoms with Gasteiger partial charge in [-0.3, -0.25) is 4.79 Å². The van der Waals surface area contributed by atoms with Crippen molar-refractivity contribution in [1.29, 1.82) is 0 Å². The van der Waals surface area contributed by atoms with E-state index in [9.17, 15) is 4.79 Å². The number of aromatic nitrogens is 3. The molecule has 6 nitrogen and oxygen atoms in total. The molecule has 0 aliphatic heterocycles. The number of pyridine rings is 1. The Bertz CT molecular complexity index is 954. The SMILES string of the molecule is COc1ccc(Br)c(C(=O)NCCc2c(C)nn(-c3ccccn3)c2C)c1. The van der Waals surface area contributed by atoms with Gasteiger partial charge in [0.15, 0.2) is 5.82 Å². The molecule has 0 saturated heterocycles. The number of hydrogen-bond acceptors (Lipinski definition) is 4. The summed E-state index contributed by atoms with van der Waals surface area (Å²) in [5, 5.41) is 7.56. The molecular weight excluding hydrogens is 408 g/mol. The topological polar surface area (TPSA) is 69.0 Å². The highest BCUT2D eigenvalue weighted by Gasteiger charge is 2.15. The average molecular weight is 429 g/mol. The zero-order valence-electron chi connectivity index (χ0n) is 15.5. The Balaban J connectivity index is 1.69. The number of benzene rings is 1. The van der Waals surface area contributed by atoms with E-state index in [2.05, 4.69) is 31.3 Å².